The maximum Gasteiger partial charge on any atom is 0.0267 e. The summed E-state index contributed by atoms with van der Waals surface area (Å²) in [5.74, 6) is 0.723. The molecule has 0 unspecified atom stereocenters. The average molecular weight is 395 g/mol. The number of hydrogen-bond donors (Lipinski definition) is 1. The number of nitrogens with one attached hydrogen (secondary N) is 1. The number of fused-ring (bicyclic) bond motifs is 4. The summed E-state index contributed by atoms with van der Waals surface area (Å²) in [5.41, 5.74) is 7.88. The van der Waals surface area contributed by atoms with Gasteiger partial charge in [-0.3, -0.25) is 4.98 Å². The summed E-state index contributed by atoms with van der Waals surface area (Å²) >= 11 is 0. The molecule has 30 heavy (non-hydrogen) atoms. The third-order valence-electron chi connectivity index (χ3n) is 6.80. The van der Waals surface area contributed by atoms with Crippen molar-refractivity contribution in [2.75, 3.05) is 13.1 Å². The van der Waals surface area contributed by atoms with E-state index in [0.717, 1.165) is 19.0 Å². The van der Waals surface area contributed by atoms with E-state index in [2.05, 4.69) is 52.8 Å². The average Bonchev–Trinajstić information content (AvgIpc) is 2.85. The van der Waals surface area contributed by atoms with E-state index in [1.54, 1.807) is 29.1 Å². The molecule has 1 saturated heterocycles. The molecular weight excluding hydrogens is 364 g/mol. The first-order valence-electron chi connectivity index (χ1n) is 11.4. The van der Waals surface area contributed by atoms with Crippen molar-refractivity contribution < 1.29 is 0 Å². The third-order valence-corrected chi connectivity index (χ3v) is 6.80. The van der Waals surface area contributed by atoms with Gasteiger partial charge in [-0.05, 0) is 103 Å². The van der Waals surface area contributed by atoms with Gasteiger partial charge in [0.25, 0.3) is 0 Å². The number of nitrogens with zero attached hydrogens (tertiary/aromatic N) is 1. The van der Waals surface area contributed by atoms with Gasteiger partial charge >= 0.3 is 0 Å². The van der Waals surface area contributed by atoms with Crippen molar-refractivity contribution in [3.8, 4) is 0 Å². The van der Waals surface area contributed by atoms with E-state index >= 15 is 0 Å². The van der Waals surface area contributed by atoms with E-state index < -0.39 is 0 Å². The molecule has 2 nitrogen and oxygen atoms in total. The fourth-order valence-corrected chi connectivity index (χ4v) is 5.29. The second kappa shape index (κ2) is 8.97. The minimum atomic E-state index is 0.723. The van der Waals surface area contributed by atoms with Crippen LogP contribution in [0.3, 0.4) is 0 Å². The van der Waals surface area contributed by atoms with Gasteiger partial charge in [0.05, 0.1) is 0 Å². The Hall–Kier alpha value is -2.71. The zero-order chi connectivity index (χ0) is 20.2. The number of benzene rings is 2. The molecule has 1 N–H and O–H groups in total. The van der Waals surface area contributed by atoms with Gasteiger partial charge in [0.1, 0.15) is 0 Å². The second-order valence-corrected chi connectivity index (χ2v) is 8.54. The Balaban J connectivity index is 0.000000279. The SMILES string of the molecule is C1=CC2=C(CC1)CCc1c2ccc2c(C3CCNCC3)cccc12.c1ccncc1. The van der Waals surface area contributed by atoms with E-state index in [9.17, 15) is 0 Å². The van der Waals surface area contributed by atoms with Crippen molar-refractivity contribution in [3.05, 3.63) is 95.3 Å². The van der Waals surface area contributed by atoms with E-state index in [-0.39, 0.29) is 0 Å². The molecule has 0 spiro atoms. The third kappa shape index (κ3) is 3.85. The highest BCUT2D eigenvalue weighted by Crippen LogP contribution is 2.41. The van der Waals surface area contributed by atoms with Gasteiger partial charge in [-0.15, -0.1) is 0 Å². The highest BCUT2D eigenvalue weighted by molar-refractivity contribution is 5.95. The van der Waals surface area contributed by atoms with Gasteiger partial charge in [0.15, 0.2) is 0 Å². The topological polar surface area (TPSA) is 24.9 Å². The van der Waals surface area contributed by atoms with Gasteiger partial charge < -0.3 is 5.32 Å². The Morgan fingerprint density at radius 3 is 2.43 bits per heavy atom. The predicted molar refractivity (Wildman–Crippen MR) is 127 cm³/mol. The number of rotatable bonds is 1. The van der Waals surface area contributed by atoms with E-state index in [0.29, 0.717) is 0 Å². The van der Waals surface area contributed by atoms with Crippen molar-refractivity contribution in [3.63, 3.8) is 0 Å². The Morgan fingerprint density at radius 2 is 1.67 bits per heavy atom. The zero-order valence-electron chi connectivity index (χ0n) is 17.6. The number of aromatic nitrogens is 1. The van der Waals surface area contributed by atoms with Crippen LogP contribution < -0.4 is 5.32 Å². The van der Waals surface area contributed by atoms with Gasteiger partial charge in [0, 0.05) is 12.4 Å². The summed E-state index contributed by atoms with van der Waals surface area (Å²) in [6, 6.07) is 17.6. The van der Waals surface area contributed by atoms with Crippen LogP contribution in [0.2, 0.25) is 0 Å². The van der Waals surface area contributed by atoms with Crippen LogP contribution in [-0.2, 0) is 6.42 Å². The van der Waals surface area contributed by atoms with E-state index in [1.807, 2.05) is 18.2 Å². The number of hydrogen-bond acceptors (Lipinski definition) is 2. The van der Waals surface area contributed by atoms with Crippen LogP contribution in [0.25, 0.3) is 16.3 Å². The summed E-state index contributed by atoms with van der Waals surface area (Å²) in [6.45, 7) is 2.32. The first-order chi connectivity index (χ1) is 14.9. The maximum absolute atomic E-state index is 3.78. The minimum absolute atomic E-state index is 0.723. The molecule has 3 aromatic rings. The van der Waals surface area contributed by atoms with Crippen LogP contribution in [0.15, 0.2) is 78.6 Å². The first kappa shape index (κ1) is 19.3. The Morgan fingerprint density at radius 1 is 0.800 bits per heavy atom. The van der Waals surface area contributed by atoms with E-state index in [4.69, 9.17) is 0 Å². The smallest absolute Gasteiger partial charge is 0.0267 e. The van der Waals surface area contributed by atoms with E-state index in [1.165, 1.54) is 60.4 Å². The number of pyridine rings is 1. The lowest BCUT2D eigenvalue weighted by Crippen LogP contribution is -2.26. The fourth-order valence-electron chi connectivity index (χ4n) is 5.29. The Kier molecular flexibility index (Phi) is 5.76. The van der Waals surface area contributed by atoms with Crippen molar-refractivity contribution in [2.24, 2.45) is 0 Å². The molecule has 2 aliphatic carbocycles. The molecular formula is C28H30N2. The lowest BCUT2D eigenvalue weighted by Gasteiger charge is -2.28. The van der Waals surface area contributed by atoms with Crippen molar-refractivity contribution in [1.29, 1.82) is 0 Å². The molecule has 0 radical (unpaired) electrons. The van der Waals surface area contributed by atoms with Crippen LogP contribution in [0.1, 0.15) is 54.7 Å². The zero-order valence-corrected chi connectivity index (χ0v) is 17.6. The molecule has 1 aliphatic heterocycles. The molecule has 1 aromatic heterocycles. The molecule has 0 atom stereocenters. The van der Waals surface area contributed by atoms with Crippen LogP contribution in [0.4, 0.5) is 0 Å². The van der Waals surface area contributed by atoms with Gasteiger partial charge in [-0.25, -0.2) is 0 Å². The molecule has 2 heteroatoms. The molecule has 0 bridgehead atoms. The largest absolute Gasteiger partial charge is 0.317 e. The molecule has 3 aliphatic rings. The molecule has 1 fully saturated rings. The first-order valence-corrected chi connectivity index (χ1v) is 11.4. The van der Waals surface area contributed by atoms with Crippen molar-refractivity contribution >= 4 is 16.3 Å². The standard InChI is InChI=1S/C23H25N.C5H5N/c1-2-5-18-16(4-1)8-9-23-20-7-3-6-19(17-12-14-24-15-13-17)21(20)10-11-22(18)23;1-2-4-6-5-3-1/h2-3,5-7,10-11,17,24H,1,4,8-9,12-15H2;1-5H. The summed E-state index contributed by atoms with van der Waals surface area (Å²) in [4.78, 5) is 3.78. The minimum Gasteiger partial charge on any atom is -0.317 e. The fraction of sp³-hybridized carbons (Fsp3) is 0.321. The Bertz CT molecular complexity index is 1050. The van der Waals surface area contributed by atoms with Crippen LogP contribution >= 0.6 is 0 Å². The van der Waals surface area contributed by atoms with Crippen LogP contribution in [-0.4, -0.2) is 18.1 Å². The number of piperidine rings is 1. The summed E-state index contributed by atoms with van der Waals surface area (Å²) in [6.07, 6.45) is 15.7. The Labute approximate surface area is 179 Å². The van der Waals surface area contributed by atoms with Crippen molar-refractivity contribution in [2.45, 2.75) is 44.4 Å². The summed E-state index contributed by atoms with van der Waals surface area (Å²) < 4.78 is 0. The molecule has 0 saturated carbocycles. The molecule has 0 amide bonds. The molecule has 6 rings (SSSR count). The second-order valence-electron chi connectivity index (χ2n) is 8.54. The number of aryl methyl sites for hydroxylation is 1. The quantitative estimate of drug-likeness (QED) is 0.514. The maximum atomic E-state index is 3.78. The number of allylic oxidation sites excluding steroid dienone is 4. The molecule has 2 heterocycles. The monoisotopic (exact) mass is 394 g/mol. The predicted octanol–water partition coefficient (Wildman–Crippen LogP) is 6.44. The van der Waals surface area contributed by atoms with Gasteiger partial charge in [-0.1, -0.05) is 54.1 Å². The molecule has 2 aromatic carbocycles. The summed E-state index contributed by atoms with van der Waals surface area (Å²) in [7, 11) is 0. The highest BCUT2D eigenvalue weighted by atomic mass is 14.9. The van der Waals surface area contributed by atoms with Crippen molar-refractivity contribution in [1.82, 2.24) is 10.3 Å². The normalized spacial score (nSPS) is 18.4. The molecule has 152 valence electrons. The highest BCUT2D eigenvalue weighted by Gasteiger charge is 2.23. The van der Waals surface area contributed by atoms with Gasteiger partial charge in [-0.2, -0.15) is 0 Å². The lowest BCUT2D eigenvalue weighted by atomic mass is 9.78. The van der Waals surface area contributed by atoms with Crippen LogP contribution in [0.5, 0.6) is 0 Å². The van der Waals surface area contributed by atoms with Gasteiger partial charge in [0.2, 0.25) is 0 Å². The van der Waals surface area contributed by atoms with Crippen LogP contribution in [0, 0.1) is 0 Å². The lowest BCUT2D eigenvalue weighted by molar-refractivity contribution is 0.462. The summed E-state index contributed by atoms with van der Waals surface area (Å²) in [5, 5.41) is 6.51.